The molecule has 214 valence electrons. The number of hydrogen-bond acceptors (Lipinski definition) is 9. The molecule has 39 heavy (non-hydrogen) atoms. The molecule has 2 heterocycles. The first-order chi connectivity index (χ1) is 18.0. The maximum absolute atomic E-state index is 14.1. The topological polar surface area (TPSA) is 255 Å². The predicted octanol–water partition coefficient (Wildman–Crippen LogP) is 2.98. The number of hydrogen-bond donors (Lipinski definition) is 5. The van der Waals surface area contributed by atoms with Crippen LogP contribution in [-0.4, -0.2) is 48.4 Å². The van der Waals surface area contributed by atoms with Gasteiger partial charge < -0.3 is 19.4 Å². The normalized spacial score (nSPS) is 22.9. The van der Waals surface area contributed by atoms with E-state index in [0.717, 1.165) is 4.57 Å². The number of nitrogens with one attached hydrogen (secondary N) is 2. The number of anilines is 1. The number of benzene rings is 1. The van der Waals surface area contributed by atoms with Gasteiger partial charge in [0.1, 0.15) is 6.23 Å². The van der Waals surface area contributed by atoms with Crippen molar-refractivity contribution in [1.82, 2.24) is 9.55 Å². The smallest absolute Gasteiger partial charge is 0.352 e. The molecule has 17 nitrogen and oxygen atoms in total. The summed E-state index contributed by atoms with van der Waals surface area (Å²) in [4.78, 5) is 56.0. The molecule has 22 heteroatoms. The van der Waals surface area contributed by atoms with E-state index in [0.29, 0.717) is 0 Å². The van der Waals surface area contributed by atoms with Gasteiger partial charge in [0.25, 0.3) is 5.56 Å². The predicted molar refractivity (Wildman–Crippen MR) is 129 cm³/mol. The summed E-state index contributed by atoms with van der Waals surface area (Å²) < 4.78 is 80.7. The molecule has 0 spiro atoms. The molecule has 5 N–H and O–H groups in total. The molecule has 0 amide bonds. The van der Waals surface area contributed by atoms with E-state index in [2.05, 4.69) is 19.3 Å². The quantitative estimate of drug-likeness (QED) is 0.106. The Hall–Kier alpha value is -2.68. The van der Waals surface area contributed by atoms with Crippen molar-refractivity contribution < 1.29 is 50.7 Å². The van der Waals surface area contributed by atoms with Gasteiger partial charge in [0.2, 0.25) is 0 Å². The number of nitrogens with zero attached hydrogens (tertiary/aromatic N) is 4. The second-order valence-corrected chi connectivity index (χ2v) is 13.8. The number of rotatable bonds is 11. The zero-order chi connectivity index (χ0) is 29.2. The average molecular weight is 616 g/mol. The molecule has 1 aliphatic heterocycles. The summed E-state index contributed by atoms with van der Waals surface area (Å²) in [5.41, 5.74) is 7.37. The highest BCUT2D eigenvalue weighted by atomic mass is 31.3. The zero-order valence-electron chi connectivity index (χ0n) is 19.6. The number of ether oxygens (including phenoxy) is 1. The molecule has 1 aromatic heterocycles. The van der Waals surface area contributed by atoms with Gasteiger partial charge in [-0.2, -0.15) is 8.78 Å². The second kappa shape index (κ2) is 11.4. The van der Waals surface area contributed by atoms with Crippen LogP contribution in [0.4, 0.5) is 14.5 Å². The highest BCUT2D eigenvalue weighted by Crippen LogP contribution is 2.78. The molecule has 1 unspecified atom stereocenters. The maximum atomic E-state index is 14.1. The molecule has 0 bridgehead atoms. The first-order valence-electron chi connectivity index (χ1n) is 10.6. The highest BCUT2D eigenvalue weighted by molar-refractivity contribution is 7.76. The lowest BCUT2D eigenvalue weighted by Gasteiger charge is -2.27. The fraction of sp³-hybridized carbons (Fsp3) is 0.412. The lowest BCUT2D eigenvalue weighted by atomic mass is 10.1. The minimum Gasteiger partial charge on any atom is -0.352 e. The van der Waals surface area contributed by atoms with E-state index in [9.17, 15) is 37.0 Å². The lowest BCUT2D eigenvalue weighted by Crippen LogP contribution is -2.33. The summed E-state index contributed by atoms with van der Waals surface area (Å²) in [5.74, 6) is 0. The third-order valence-electron chi connectivity index (χ3n) is 5.22. The van der Waals surface area contributed by atoms with Crippen LogP contribution in [0.25, 0.3) is 10.4 Å². The van der Waals surface area contributed by atoms with Crippen molar-refractivity contribution in [2.75, 3.05) is 11.7 Å². The molecule has 0 radical (unpaired) electrons. The van der Waals surface area contributed by atoms with Gasteiger partial charge in [-0.3, -0.25) is 33.1 Å². The molecule has 1 fully saturated rings. The van der Waals surface area contributed by atoms with Crippen LogP contribution in [-0.2, 0) is 27.3 Å². The third kappa shape index (κ3) is 6.91. The summed E-state index contributed by atoms with van der Waals surface area (Å²) in [6, 6.07) is 5.64. The van der Waals surface area contributed by atoms with Crippen molar-refractivity contribution >= 4 is 28.6 Å². The number of aromatic amines is 1. The monoisotopic (exact) mass is 616 g/mol. The number of para-hydroxylation sites is 1. The van der Waals surface area contributed by atoms with Gasteiger partial charge in [-0.1, -0.05) is 23.3 Å². The zero-order valence-corrected chi connectivity index (χ0v) is 22.3. The fourth-order valence-electron chi connectivity index (χ4n) is 3.30. The van der Waals surface area contributed by atoms with Crippen LogP contribution in [0.3, 0.4) is 0 Å². The van der Waals surface area contributed by atoms with E-state index < -0.39 is 64.6 Å². The molecule has 3 rings (SSSR count). The van der Waals surface area contributed by atoms with E-state index >= 15 is 0 Å². The summed E-state index contributed by atoms with van der Waals surface area (Å²) in [7, 11) is -18.6. The summed E-state index contributed by atoms with van der Waals surface area (Å²) >= 11 is 0. The number of H-pyrrole nitrogens is 1. The number of halogens is 2. The Morgan fingerprint density at radius 2 is 1.90 bits per heavy atom. The average Bonchev–Trinajstić information content (AvgIpc) is 3.22. The van der Waals surface area contributed by atoms with Gasteiger partial charge in [0.05, 0.1) is 18.8 Å². The van der Waals surface area contributed by atoms with Crippen LogP contribution in [0.5, 0.6) is 0 Å². The Balaban J connectivity index is 1.91. The number of aromatic nitrogens is 2. The molecule has 0 aliphatic carbocycles. The van der Waals surface area contributed by atoms with Crippen molar-refractivity contribution in [3.63, 3.8) is 0 Å². The van der Waals surface area contributed by atoms with Crippen LogP contribution >= 0.6 is 22.9 Å². The Morgan fingerprint density at radius 1 is 1.26 bits per heavy atom. The SMILES string of the molecule is Cc1cn([C@H]2C[C@H](N=[N+]=[N-])[C@@H](CO[P@@](=O)(Nc3ccccc3)OP(=O)(O)C(F)(F)P(=O)(O)O)O2)c(=O)[nH]c1=O. The standard InChI is InChI=1S/C17H21F2N6O11P3/c1-10-8-25(16(27)21-15(10)26)14-7-12(22-24-20)13(35-14)9-34-39(33,23-11-5-3-2-4-6-11)36-38(31,32)17(18,19)37(28,29)30/h2-6,8,12-14H,7,9H2,1H3,(H,23,33)(H,31,32)(H,21,26,27)(H2,28,29,30)/t12-,13+,14+,39-/m0/s1. The van der Waals surface area contributed by atoms with Crippen LogP contribution in [0, 0.1) is 6.92 Å². The van der Waals surface area contributed by atoms with Crippen molar-refractivity contribution in [1.29, 1.82) is 0 Å². The Bertz CT molecular complexity index is 1520. The minimum absolute atomic E-state index is 0.132. The van der Waals surface area contributed by atoms with Crippen molar-refractivity contribution in [3.05, 3.63) is 73.4 Å². The van der Waals surface area contributed by atoms with Crippen LogP contribution in [0.1, 0.15) is 18.2 Å². The van der Waals surface area contributed by atoms with Crippen LogP contribution < -0.4 is 16.3 Å². The molecule has 5 atom stereocenters. The van der Waals surface area contributed by atoms with E-state index in [1.165, 1.54) is 43.5 Å². The molecular formula is C17H21F2N6O11P3. The van der Waals surface area contributed by atoms with E-state index in [1.807, 2.05) is 5.09 Å². The third-order valence-corrected chi connectivity index (χ3v) is 10.9. The van der Waals surface area contributed by atoms with Crippen LogP contribution in [0.2, 0.25) is 0 Å². The first kappa shape index (κ1) is 30.9. The van der Waals surface area contributed by atoms with Gasteiger partial charge in [-0.15, -0.1) is 0 Å². The minimum atomic E-state index is -6.69. The lowest BCUT2D eigenvalue weighted by molar-refractivity contribution is -0.0237. The molecule has 1 aliphatic rings. The van der Waals surface area contributed by atoms with E-state index in [4.69, 9.17) is 24.6 Å². The van der Waals surface area contributed by atoms with Gasteiger partial charge in [0.15, 0.2) is 0 Å². The maximum Gasteiger partial charge on any atom is 0.444 e. The summed E-state index contributed by atoms with van der Waals surface area (Å²) in [5, 5.41) is -0.162. The van der Waals surface area contributed by atoms with Crippen molar-refractivity contribution in [2.45, 2.75) is 37.1 Å². The Kier molecular flexibility index (Phi) is 9.05. The Morgan fingerprint density at radius 3 is 2.49 bits per heavy atom. The summed E-state index contributed by atoms with van der Waals surface area (Å²) in [6.07, 6.45) is -1.50. The number of aryl methyl sites for hydroxylation is 1. The van der Waals surface area contributed by atoms with Crippen LogP contribution in [0.15, 0.2) is 51.2 Å². The molecule has 0 saturated carbocycles. The van der Waals surface area contributed by atoms with Gasteiger partial charge in [-0.25, -0.2) is 13.7 Å². The summed E-state index contributed by atoms with van der Waals surface area (Å²) in [6.45, 7) is 0.481. The molecular weight excluding hydrogens is 595 g/mol. The second-order valence-electron chi connectivity index (χ2n) is 8.04. The van der Waals surface area contributed by atoms with E-state index in [1.54, 1.807) is 0 Å². The van der Waals surface area contributed by atoms with E-state index in [-0.39, 0.29) is 17.7 Å². The molecule has 2 aromatic rings. The van der Waals surface area contributed by atoms with Gasteiger partial charge in [0, 0.05) is 28.8 Å². The number of alkyl halides is 2. The fourth-order valence-corrected chi connectivity index (χ4v) is 7.73. The molecule has 1 saturated heterocycles. The van der Waals surface area contributed by atoms with Crippen molar-refractivity contribution in [2.24, 2.45) is 5.11 Å². The highest BCUT2D eigenvalue weighted by Gasteiger charge is 2.67. The Labute approximate surface area is 216 Å². The molecule has 1 aromatic carbocycles. The first-order valence-corrected chi connectivity index (χ1v) is 15.3. The van der Waals surface area contributed by atoms with Gasteiger partial charge in [-0.05, 0) is 24.6 Å². The largest absolute Gasteiger partial charge is 0.444 e. The number of azide groups is 1. The van der Waals surface area contributed by atoms with Crippen molar-refractivity contribution in [3.8, 4) is 0 Å². The van der Waals surface area contributed by atoms with Gasteiger partial charge >= 0.3 is 34.0 Å².